The highest BCUT2D eigenvalue weighted by atomic mass is 35.5. The molecule has 3 rings (SSSR count). The lowest BCUT2D eigenvalue weighted by Gasteiger charge is -2.27. The molecule has 0 fully saturated rings. The second-order valence-corrected chi connectivity index (χ2v) is 6.47. The number of furan rings is 1. The number of ketones is 1. The molecule has 0 bridgehead atoms. The summed E-state index contributed by atoms with van der Waals surface area (Å²) >= 11 is 12.3. The minimum Gasteiger partial charge on any atom is -0.503 e. The average Bonchev–Trinajstić information content (AvgIpc) is 3.22. The molecule has 1 N–H and O–H groups in total. The van der Waals surface area contributed by atoms with Crippen LogP contribution in [0.4, 0.5) is 0 Å². The number of rotatable bonds is 6. The van der Waals surface area contributed by atoms with Gasteiger partial charge in [-0.15, -0.1) is 0 Å². The first-order chi connectivity index (χ1) is 12.5. The number of halogens is 2. The molecule has 136 valence electrons. The van der Waals surface area contributed by atoms with Crippen molar-refractivity contribution in [3.8, 4) is 0 Å². The van der Waals surface area contributed by atoms with Crippen molar-refractivity contribution in [2.24, 2.45) is 0 Å². The summed E-state index contributed by atoms with van der Waals surface area (Å²) in [6.45, 7) is 0.390. The van der Waals surface area contributed by atoms with Crippen LogP contribution in [0.3, 0.4) is 0 Å². The molecule has 1 amide bonds. The fraction of sp³-hybridized carbons (Fsp3) is 0.222. The molecule has 1 unspecified atom stereocenters. The van der Waals surface area contributed by atoms with Crippen molar-refractivity contribution < 1.29 is 23.8 Å². The Labute approximate surface area is 159 Å². The summed E-state index contributed by atoms with van der Waals surface area (Å²) in [5.74, 6) is -1.87. The number of benzene rings is 1. The first-order valence-electron chi connectivity index (χ1n) is 7.72. The highest BCUT2D eigenvalue weighted by Crippen LogP contribution is 2.41. The second-order valence-electron chi connectivity index (χ2n) is 5.63. The van der Waals surface area contributed by atoms with Crippen molar-refractivity contribution in [1.82, 2.24) is 4.90 Å². The number of hydrogen-bond acceptors (Lipinski definition) is 5. The monoisotopic (exact) mass is 395 g/mol. The molecular weight excluding hydrogens is 381 g/mol. The van der Waals surface area contributed by atoms with Crippen LogP contribution in [0, 0.1) is 0 Å². The van der Waals surface area contributed by atoms with Crippen molar-refractivity contribution >= 4 is 34.9 Å². The van der Waals surface area contributed by atoms with Gasteiger partial charge in [0.15, 0.2) is 11.5 Å². The third-order valence-corrected chi connectivity index (χ3v) is 4.65. The molecule has 1 aromatic carbocycles. The summed E-state index contributed by atoms with van der Waals surface area (Å²) in [7, 11) is 1.49. The second kappa shape index (κ2) is 7.53. The van der Waals surface area contributed by atoms with Gasteiger partial charge in [0.2, 0.25) is 5.78 Å². The van der Waals surface area contributed by atoms with E-state index in [-0.39, 0.29) is 29.5 Å². The van der Waals surface area contributed by atoms with Gasteiger partial charge < -0.3 is 19.2 Å². The number of amides is 1. The predicted octanol–water partition coefficient (Wildman–Crippen LogP) is 3.81. The SMILES string of the molecule is COCCN1C(=O)C(O)=C(C(=O)c2ccco2)C1c1ccc(Cl)cc1Cl. The maximum atomic E-state index is 12.9. The lowest BCUT2D eigenvalue weighted by Crippen LogP contribution is -2.34. The van der Waals surface area contributed by atoms with E-state index < -0.39 is 23.5 Å². The molecule has 2 heterocycles. The summed E-state index contributed by atoms with van der Waals surface area (Å²) in [5, 5.41) is 11.1. The number of carbonyl (C=O) groups excluding carboxylic acids is 2. The smallest absolute Gasteiger partial charge is 0.290 e. The van der Waals surface area contributed by atoms with E-state index in [1.165, 1.54) is 30.4 Å². The summed E-state index contributed by atoms with van der Waals surface area (Å²) in [6, 6.07) is 6.88. The van der Waals surface area contributed by atoms with Gasteiger partial charge in [-0.1, -0.05) is 29.3 Å². The normalized spacial score (nSPS) is 17.3. The first kappa shape index (κ1) is 18.5. The van der Waals surface area contributed by atoms with E-state index in [0.29, 0.717) is 10.6 Å². The molecule has 1 atom stereocenters. The van der Waals surface area contributed by atoms with Crippen molar-refractivity contribution in [2.45, 2.75) is 6.04 Å². The number of aliphatic hydroxyl groups is 1. The lowest BCUT2D eigenvalue weighted by atomic mass is 9.95. The van der Waals surface area contributed by atoms with Gasteiger partial charge in [0.1, 0.15) is 0 Å². The Kier molecular flexibility index (Phi) is 5.36. The van der Waals surface area contributed by atoms with Crippen LogP contribution in [0.2, 0.25) is 10.0 Å². The maximum Gasteiger partial charge on any atom is 0.290 e. The van der Waals surface area contributed by atoms with Crippen LogP contribution >= 0.6 is 23.2 Å². The molecule has 8 heteroatoms. The summed E-state index contributed by atoms with van der Waals surface area (Å²) < 4.78 is 10.2. The van der Waals surface area contributed by atoms with Crippen LogP contribution in [0.1, 0.15) is 22.2 Å². The number of hydrogen-bond donors (Lipinski definition) is 1. The number of nitrogens with zero attached hydrogens (tertiary/aromatic N) is 1. The highest BCUT2D eigenvalue weighted by Gasteiger charge is 2.44. The van der Waals surface area contributed by atoms with Gasteiger partial charge in [0.05, 0.1) is 24.5 Å². The Morgan fingerprint density at radius 3 is 2.73 bits per heavy atom. The Bertz CT molecular complexity index is 876. The molecule has 1 aliphatic heterocycles. The summed E-state index contributed by atoms with van der Waals surface area (Å²) in [4.78, 5) is 26.8. The number of methoxy groups -OCH3 is 1. The van der Waals surface area contributed by atoms with Crippen LogP contribution in [0.5, 0.6) is 0 Å². The third-order valence-electron chi connectivity index (χ3n) is 4.09. The van der Waals surface area contributed by atoms with Crippen molar-refractivity contribution in [3.63, 3.8) is 0 Å². The standard InChI is InChI=1S/C18H15Cl2NO5/c1-25-8-6-21-15(11-5-4-10(19)9-12(11)20)14(17(23)18(21)24)16(22)13-3-2-7-26-13/h2-5,7,9,15,23H,6,8H2,1H3. The zero-order valence-corrected chi connectivity index (χ0v) is 15.3. The van der Waals surface area contributed by atoms with Gasteiger partial charge in [-0.05, 0) is 29.8 Å². The van der Waals surface area contributed by atoms with Crippen molar-refractivity contribution in [3.05, 3.63) is 69.3 Å². The predicted molar refractivity (Wildman–Crippen MR) is 95.5 cm³/mol. The molecule has 0 saturated heterocycles. The number of Topliss-reactive ketones (excluding diaryl/α,β-unsaturated/α-hetero) is 1. The van der Waals surface area contributed by atoms with E-state index in [9.17, 15) is 14.7 Å². The quantitative estimate of drug-likeness (QED) is 0.752. The molecule has 1 aromatic heterocycles. The van der Waals surface area contributed by atoms with E-state index in [1.807, 2.05) is 0 Å². The van der Waals surface area contributed by atoms with Crippen molar-refractivity contribution in [1.29, 1.82) is 0 Å². The molecule has 0 spiro atoms. The molecule has 26 heavy (non-hydrogen) atoms. The van der Waals surface area contributed by atoms with Crippen LogP contribution in [-0.2, 0) is 9.53 Å². The van der Waals surface area contributed by atoms with Gasteiger partial charge >= 0.3 is 0 Å². The van der Waals surface area contributed by atoms with Crippen LogP contribution < -0.4 is 0 Å². The summed E-state index contributed by atoms with van der Waals surface area (Å²) in [5.41, 5.74) is 0.379. The Morgan fingerprint density at radius 1 is 1.35 bits per heavy atom. The largest absolute Gasteiger partial charge is 0.503 e. The zero-order valence-electron chi connectivity index (χ0n) is 13.7. The van der Waals surface area contributed by atoms with Gasteiger partial charge in [0, 0.05) is 23.7 Å². The topological polar surface area (TPSA) is 80.0 Å². The fourth-order valence-corrected chi connectivity index (χ4v) is 3.40. The van der Waals surface area contributed by atoms with Crippen LogP contribution in [0.15, 0.2) is 52.3 Å². The summed E-state index contributed by atoms with van der Waals surface area (Å²) in [6.07, 6.45) is 1.34. The lowest BCUT2D eigenvalue weighted by molar-refractivity contribution is -0.130. The zero-order chi connectivity index (χ0) is 18.8. The highest BCUT2D eigenvalue weighted by molar-refractivity contribution is 6.35. The Hall–Kier alpha value is -2.28. The fourth-order valence-electron chi connectivity index (χ4n) is 2.89. The van der Waals surface area contributed by atoms with E-state index in [1.54, 1.807) is 18.2 Å². The average molecular weight is 396 g/mol. The van der Waals surface area contributed by atoms with Gasteiger partial charge in [-0.3, -0.25) is 9.59 Å². The van der Waals surface area contributed by atoms with Crippen LogP contribution in [0.25, 0.3) is 0 Å². The Morgan fingerprint density at radius 2 is 2.12 bits per heavy atom. The molecular formula is C18H15Cl2NO5. The van der Waals surface area contributed by atoms with E-state index in [4.69, 9.17) is 32.4 Å². The molecule has 0 saturated carbocycles. The molecule has 0 radical (unpaired) electrons. The third kappa shape index (κ3) is 3.23. The van der Waals surface area contributed by atoms with Crippen molar-refractivity contribution in [2.75, 3.05) is 20.3 Å². The van der Waals surface area contributed by atoms with Crippen LogP contribution in [-0.4, -0.2) is 42.0 Å². The van der Waals surface area contributed by atoms with Gasteiger partial charge in [-0.25, -0.2) is 0 Å². The molecule has 6 nitrogen and oxygen atoms in total. The number of carbonyl (C=O) groups is 2. The molecule has 1 aliphatic rings. The Balaban J connectivity index is 2.12. The van der Waals surface area contributed by atoms with E-state index >= 15 is 0 Å². The van der Waals surface area contributed by atoms with Gasteiger partial charge in [-0.2, -0.15) is 0 Å². The van der Waals surface area contributed by atoms with E-state index in [2.05, 4.69) is 0 Å². The van der Waals surface area contributed by atoms with Gasteiger partial charge in [0.25, 0.3) is 5.91 Å². The maximum absolute atomic E-state index is 12.9. The molecule has 0 aliphatic carbocycles. The molecule has 2 aromatic rings. The minimum absolute atomic E-state index is 0.0167. The number of ether oxygens (including phenoxy) is 1. The van der Waals surface area contributed by atoms with E-state index in [0.717, 1.165) is 0 Å². The first-order valence-corrected chi connectivity index (χ1v) is 8.47. The minimum atomic E-state index is -0.875. The number of aliphatic hydroxyl groups excluding tert-OH is 1.